The average Bonchev–Trinajstić information content (AvgIpc) is 3.74. The van der Waals surface area contributed by atoms with E-state index in [9.17, 15) is 24.6 Å². The van der Waals surface area contributed by atoms with Crippen LogP contribution in [0, 0.1) is 17.8 Å². The van der Waals surface area contributed by atoms with Gasteiger partial charge in [-0.1, -0.05) is 26.2 Å². The van der Waals surface area contributed by atoms with Crippen molar-refractivity contribution < 1.29 is 44.0 Å². The Kier molecular flexibility index (Phi) is 15.5. The number of carbonyl (C=O) groups is 3. The van der Waals surface area contributed by atoms with Crippen LogP contribution in [-0.2, 0) is 23.7 Å². The van der Waals surface area contributed by atoms with Crippen LogP contribution in [0.1, 0.15) is 125 Å². The lowest BCUT2D eigenvalue weighted by molar-refractivity contribution is -0.163. The van der Waals surface area contributed by atoms with Crippen molar-refractivity contribution in [3.05, 3.63) is 10.6 Å². The molecule has 6 rings (SSSR count). The Morgan fingerprint density at radius 3 is 2.22 bits per heavy atom. The number of aliphatic hydroxyl groups is 1. The summed E-state index contributed by atoms with van der Waals surface area (Å²) in [5.74, 6) is -0.715. The van der Waals surface area contributed by atoms with Crippen LogP contribution in [0.2, 0.25) is 12.6 Å². The van der Waals surface area contributed by atoms with E-state index in [4.69, 9.17) is 19.4 Å². The van der Waals surface area contributed by atoms with Gasteiger partial charge in [0.2, 0.25) is 5.91 Å². The number of nitrogens with zero attached hydrogens (tertiary/aromatic N) is 3. The summed E-state index contributed by atoms with van der Waals surface area (Å²) in [6.45, 7) is 15.0. The number of hydrogen-bond donors (Lipinski definition) is 4. The molecule has 4 aliphatic heterocycles. The predicted molar refractivity (Wildman–Crippen MR) is 217 cm³/mol. The van der Waals surface area contributed by atoms with Gasteiger partial charge < -0.3 is 39.4 Å². The summed E-state index contributed by atoms with van der Waals surface area (Å²) in [4.78, 5) is 43.1. The molecular weight excluding hydrogens is 720 g/mol. The SMILES string of the molecule is CN(CCCB1OC(C)(C)C(C)(C)O1)C1CCC(=O)CC1.C[C@@H](O)[C@H]1C(=O)N2C(C(=O)O)=C(S[C@@H]3CCN(C4CCC(CCCCB(O)O)CC4)C3)[C@H](C)[C@H]12. The molecule has 2 aliphatic carbocycles. The van der Waals surface area contributed by atoms with E-state index in [-0.39, 0.29) is 41.9 Å². The number of β-lactam (4-membered cyclic amide) rings is 1. The summed E-state index contributed by atoms with van der Waals surface area (Å²) >= 11 is 1.65. The number of carboxylic acid groups (broad SMARTS) is 1. The molecule has 55 heavy (non-hydrogen) atoms. The molecule has 0 bridgehead atoms. The van der Waals surface area contributed by atoms with Crippen molar-refractivity contribution in [2.75, 3.05) is 26.7 Å². The number of thioether (sulfide) groups is 1. The number of amides is 1. The third-order valence-corrected chi connectivity index (χ3v) is 15.4. The van der Waals surface area contributed by atoms with Crippen LogP contribution < -0.4 is 0 Å². The molecule has 0 radical (unpaired) electrons. The molecule has 4 heterocycles. The Bertz CT molecular complexity index is 1350. The number of likely N-dealkylation sites (tertiary alicyclic amines) is 1. The van der Waals surface area contributed by atoms with Gasteiger partial charge in [0.1, 0.15) is 11.5 Å². The zero-order valence-corrected chi connectivity index (χ0v) is 35.4. The van der Waals surface area contributed by atoms with Crippen LogP contribution in [0.5, 0.6) is 0 Å². The molecular formula is C40H69B2N3O9S. The molecule has 5 fully saturated rings. The lowest BCUT2D eigenvalue weighted by Crippen LogP contribution is -2.63. The van der Waals surface area contributed by atoms with Gasteiger partial charge in [0.15, 0.2) is 0 Å². The van der Waals surface area contributed by atoms with E-state index in [1.165, 1.54) is 37.0 Å². The molecule has 2 saturated carbocycles. The number of carbonyl (C=O) groups excluding carboxylic acids is 2. The number of aliphatic hydroxyl groups excluding tert-OH is 1. The van der Waals surface area contributed by atoms with E-state index in [0.29, 0.717) is 29.4 Å². The van der Waals surface area contributed by atoms with Crippen LogP contribution >= 0.6 is 11.8 Å². The highest BCUT2D eigenvalue weighted by molar-refractivity contribution is 8.03. The maximum atomic E-state index is 12.6. The second-order valence-electron chi connectivity index (χ2n) is 18.3. The standard InChI is InChI=1S/C24H39BN2O6S.C16H30BNO3/c1-14-20-19(15(2)28)23(29)27(20)21(24(30)31)22(14)34-18-10-12-26(13-18)17-8-6-16(7-9-17)5-3-4-11-25(32)33;1-15(2)16(3,4)21-17(20-15)11-6-12-18(5)13-7-9-14(19)10-8-13/h14-20,28,32-33H,3-13H2,1-2H3,(H,30,31);13H,6-12H2,1-5H3/t14-,15-,16?,17?,18-,19-,20-;/m1./s1. The van der Waals surface area contributed by atoms with Crippen molar-refractivity contribution in [2.45, 2.75) is 178 Å². The first-order valence-electron chi connectivity index (χ1n) is 21.2. The molecule has 12 nitrogen and oxygen atoms in total. The molecule has 3 saturated heterocycles. The molecule has 15 heteroatoms. The summed E-state index contributed by atoms with van der Waals surface area (Å²) in [5.41, 5.74) is -0.322. The molecule has 6 aliphatic rings. The van der Waals surface area contributed by atoms with E-state index in [1.54, 1.807) is 18.7 Å². The fraction of sp³-hybridized carbons (Fsp3) is 0.875. The van der Waals surface area contributed by atoms with E-state index in [0.717, 1.165) is 88.1 Å². The summed E-state index contributed by atoms with van der Waals surface area (Å²) in [6, 6.07) is 0.923. The number of unbranched alkanes of at least 4 members (excludes halogenated alkanes) is 1. The number of ketones is 1. The first-order chi connectivity index (χ1) is 25.9. The third-order valence-electron chi connectivity index (χ3n) is 13.8. The molecule has 0 spiro atoms. The maximum absolute atomic E-state index is 12.6. The first-order valence-corrected chi connectivity index (χ1v) is 22.1. The van der Waals surface area contributed by atoms with E-state index >= 15 is 0 Å². The Labute approximate surface area is 334 Å². The minimum absolute atomic E-state index is 0.0650. The second kappa shape index (κ2) is 19.1. The minimum atomic E-state index is -1.18. The molecule has 5 atom stereocenters. The lowest BCUT2D eigenvalue weighted by Gasteiger charge is -2.46. The van der Waals surface area contributed by atoms with Crippen molar-refractivity contribution in [1.29, 1.82) is 0 Å². The fourth-order valence-electron chi connectivity index (χ4n) is 9.74. The van der Waals surface area contributed by atoms with Gasteiger partial charge in [-0.25, -0.2) is 4.79 Å². The number of rotatable bonds is 15. The molecule has 0 unspecified atom stereocenters. The highest BCUT2D eigenvalue weighted by Gasteiger charge is 2.60. The number of fused-ring (bicyclic) bond motifs is 1. The van der Waals surface area contributed by atoms with Gasteiger partial charge in [0.25, 0.3) is 0 Å². The van der Waals surface area contributed by atoms with Crippen molar-refractivity contribution in [3.63, 3.8) is 0 Å². The summed E-state index contributed by atoms with van der Waals surface area (Å²) in [6.07, 6.45) is 14.2. The number of carboxylic acids is 1. The Morgan fingerprint density at radius 1 is 1.00 bits per heavy atom. The Hall–Kier alpha value is -1.45. The molecule has 0 aromatic rings. The quantitative estimate of drug-likeness (QED) is 0.0994. The van der Waals surface area contributed by atoms with Gasteiger partial charge in [-0.05, 0) is 125 Å². The first kappa shape index (κ1) is 44.6. The topological polar surface area (TPSA) is 160 Å². The monoisotopic (exact) mass is 789 g/mol. The Balaban J connectivity index is 0.000000237. The summed E-state index contributed by atoms with van der Waals surface area (Å²) in [7, 11) is 0.903. The number of hydrogen-bond acceptors (Lipinski definition) is 11. The van der Waals surface area contributed by atoms with Crippen molar-refractivity contribution >= 4 is 43.7 Å². The van der Waals surface area contributed by atoms with E-state index < -0.39 is 25.1 Å². The molecule has 0 aromatic heterocycles. The summed E-state index contributed by atoms with van der Waals surface area (Å²) in [5, 5.41) is 38.2. The zero-order chi connectivity index (χ0) is 40.2. The predicted octanol–water partition coefficient (Wildman–Crippen LogP) is 5.06. The lowest BCUT2D eigenvalue weighted by atomic mass is 9.79. The van der Waals surface area contributed by atoms with E-state index in [2.05, 4.69) is 44.5 Å². The van der Waals surface area contributed by atoms with Crippen molar-refractivity contribution in [3.8, 4) is 0 Å². The van der Waals surface area contributed by atoms with Gasteiger partial charge in [0, 0.05) is 47.5 Å². The maximum Gasteiger partial charge on any atom is 0.457 e. The Morgan fingerprint density at radius 2 is 1.64 bits per heavy atom. The zero-order valence-electron chi connectivity index (χ0n) is 34.6. The molecule has 1 amide bonds. The van der Waals surface area contributed by atoms with Crippen molar-refractivity contribution in [2.24, 2.45) is 17.8 Å². The minimum Gasteiger partial charge on any atom is -0.477 e. The van der Waals surface area contributed by atoms with Crippen LogP contribution in [0.25, 0.3) is 0 Å². The molecule has 310 valence electrons. The normalized spacial score (nSPS) is 31.4. The molecule has 0 aromatic carbocycles. The van der Waals surface area contributed by atoms with E-state index in [1.807, 2.05) is 6.92 Å². The van der Waals surface area contributed by atoms with Crippen molar-refractivity contribution in [1.82, 2.24) is 14.7 Å². The molecule has 4 N–H and O–H groups in total. The smallest absolute Gasteiger partial charge is 0.457 e. The highest BCUT2D eigenvalue weighted by Crippen LogP contribution is 2.52. The fourth-order valence-corrected chi connectivity index (χ4v) is 11.2. The second-order valence-corrected chi connectivity index (χ2v) is 19.7. The summed E-state index contributed by atoms with van der Waals surface area (Å²) < 4.78 is 12.0. The average molecular weight is 790 g/mol. The van der Waals surface area contributed by atoms with Gasteiger partial charge in [-0.3, -0.25) is 14.5 Å². The van der Waals surface area contributed by atoms with Gasteiger partial charge in [0.05, 0.1) is 29.3 Å². The van der Waals surface area contributed by atoms with Crippen LogP contribution in [-0.4, -0.2) is 134 Å². The largest absolute Gasteiger partial charge is 0.477 e. The van der Waals surface area contributed by atoms with Crippen LogP contribution in [0.3, 0.4) is 0 Å². The van der Waals surface area contributed by atoms with Gasteiger partial charge in [-0.15, -0.1) is 11.8 Å². The third kappa shape index (κ3) is 10.8. The highest BCUT2D eigenvalue weighted by atomic mass is 32.2. The number of aliphatic carboxylic acids is 1. The van der Waals surface area contributed by atoms with Crippen LogP contribution in [0.15, 0.2) is 10.6 Å². The van der Waals surface area contributed by atoms with Crippen LogP contribution in [0.4, 0.5) is 0 Å². The van der Waals surface area contributed by atoms with Gasteiger partial charge >= 0.3 is 20.2 Å². The van der Waals surface area contributed by atoms with Gasteiger partial charge in [-0.2, -0.15) is 0 Å². The number of Topliss-reactive ketones (excluding diaryl/α,β-unsaturated/α-hetero) is 1.